The van der Waals surface area contributed by atoms with Crippen LogP contribution in [0.1, 0.15) is 12.8 Å². The average molecular weight is 442 g/mol. The Morgan fingerprint density at radius 1 is 0.906 bits per heavy atom. The quantitative estimate of drug-likeness (QED) is 0.694. The van der Waals surface area contributed by atoms with Crippen molar-refractivity contribution in [3.63, 3.8) is 0 Å². The number of piperazine rings is 1. The van der Waals surface area contributed by atoms with Gasteiger partial charge in [0.05, 0.1) is 12.8 Å². The minimum Gasteiger partial charge on any atom is -0.495 e. The summed E-state index contributed by atoms with van der Waals surface area (Å²) in [5, 5.41) is 0. The van der Waals surface area contributed by atoms with Crippen LogP contribution in [0, 0.1) is 5.92 Å². The normalized spacial score (nSPS) is 17.5. The highest BCUT2D eigenvalue weighted by atomic mass is 16.5. The van der Waals surface area contributed by atoms with Crippen molar-refractivity contribution >= 4 is 17.4 Å². The van der Waals surface area contributed by atoms with Gasteiger partial charge in [-0.15, -0.1) is 0 Å². The number of para-hydroxylation sites is 2. The minimum atomic E-state index is -0.335. The van der Waals surface area contributed by atoms with E-state index in [0.717, 1.165) is 41.9 Å². The van der Waals surface area contributed by atoms with Gasteiger partial charge in [-0.2, -0.15) is 0 Å². The Morgan fingerprint density at radius 2 is 1.56 bits per heavy atom. The van der Waals surface area contributed by atoms with Crippen LogP contribution in [0.3, 0.4) is 0 Å². The maximum atomic E-state index is 13.1. The number of hydrogen-bond acceptors (Lipinski definition) is 6. The second-order valence-corrected chi connectivity index (χ2v) is 8.49. The topological polar surface area (TPSA) is 80.0 Å². The summed E-state index contributed by atoms with van der Waals surface area (Å²) in [6, 6.07) is 9.47. The third-order valence-electron chi connectivity index (χ3n) is 6.69. The van der Waals surface area contributed by atoms with Crippen molar-refractivity contribution in [3.05, 3.63) is 51.2 Å². The van der Waals surface area contributed by atoms with Gasteiger partial charge in [0.25, 0.3) is 5.56 Å². The van der Waals surface area contributed by atoms with Gasteiger partial charge in [0.2, 0.25) is 5.91 Å². The van der Waals surface area contributed by atoms with Crippen LogP contribution in [0.2, 0.25) is 0 Å². The fourth-order valence-corrected chi connectivity index (χ4v) is 4.70. The number of benzene rings is 1. The predicted molar refractivity (Wildman–Crippen MR) is 124 cm³/mol. The number of ether oxygens (including phenoxy) is 1. The molecule has 172 valence electrons. The zero-order valence-corrected chi connectivity index (χ0v) is 19.0. The smallest absolute Gasteiger partial charge is 0.332 e. The molecule has 0 atom stereocenters. The van der Waals surface area contributed by atoms with Gasteiger partial charge in [0.15, 0.2) is 0 Å². The lowest BCUT2D eigenvalue weighted by molar-refractivity contribution is -0.136. The number of nitrogens with zero attached hydrogens (tertiary/aromatic N) is 5. The van der Waals surface area contributed by atoms with Crippen LogP contribution in [0.4, 0.5) is 11.5 Å². The molecule has 9 heteroatoms. The van der Waals surface area contributed by atoms with Crippen LogP contribution in [0.25, 0.3) is 0 Å². The molecule has 2 fully saturated rings. The van der Waals surface area contributed by atoms with E-state index in [9.17, 15) is 14.4 Å². The van der Waals surface area contributed by atoms with E-state index < -0.39 is 0 Å². The van der Waals surface area contributed by atoms with Gasteiger partial charge in [0, 0.05) is 65.3 Å². The molecule has 2 aliphatic heterocycles. The zero-order chi connectivity index (χ0) is 22.8. The number of methoxy groups -OCH3 is 1. The Hall–Kier alpha value is -3.23. The number of rotatable bonds is 4. The molecular weight excluding hydrogens is 410 g/mol. The van der Waals surface area contributed by atoms with Crippen molar-refractivity contribution in [1.82, 2.24) is 14.0 Å². The van der Waals surface area contributed by atoms with Crippen molar-refractivity contribution in [1.29, 1.82) is 0 Å². The number of amides is 1. The van der Waals surface area contributed by atoms with Crippen molar-refractivity contribution < 1.29 is 9.53 Å². The van der Waals surface area contributed by atoms with Gasteiger partial charge in [-0.1, -0.05) is 12.1 Å². The number of anilines is 2. The highest BCUT2D eigenvalue weighted by Gasteiger charge is 2.31. The van der Waals surface area contributed by atoms with Crippen LogP contribution in [-0.2, 0) is 18.9 Å². The number of carbonyl (C=O) groups is 1. The van der Waals surface area contributed by atoms with Crippen LogP contribution >= 0.6 is 0 Å². The zero-order valence-electron chi connectivity index (χ0n) is 19.0. The maximum absolute atomic E-state index is 13.1. The van der Waals surface area contributed by atoms with E-state index in [2.05, 4.69) is 11.0 Å². The Labute approximate surface area is 187 Å². The molecular formula is C23H31N5O4. The third-order valence-corrected chi connectivity index (χ3v) is 6.69. The summed E-state index contributed by atoms with van der Waals surface area (Å²) in [6.07, 6.45) is 1.43. The first kappa shape index (κ1) is 22.0. The molecule has 0 spiro atoms. The number of piperidine rings is 1. The highest BCUT2D eigenvalue weighted by molar-refractivity contribution is 5.79. The van der Waals surface area contributed by atoms with Gasteiger partial charge < -0.3 is 19.4 Å². The Kier molecular flexibility index (Phi) is 6.25. The summed E-state index contributed by atoms with van der Waals surface area (Å²) in [5.74, 6) is 1.66. The van der Waals surface area contributed by atoms with E-state index in [4.69, 9.17) is 4.74 Å². The monoisotopic (exact) mass is 441 g/mol. The van der Waals surface area contributed by atoms with Crippen LogP contribution < -0.4 is 25.8 Å². The molecule has 32 heavy (non-hydrogen) atoms. The summed E-state index contributed by atoms with van der Waals surface area (Å²) in [5.41, 5.74) is 0.419. The van der Waals surface area contributed by atoms with E-state index >= 15 is 0 Å². The minimum absolute atomic E-state index is 0.0207. The summed E-state index contributed by atoms with van der Waals surface area (Å²) in [7, 11) is 4.83. The molecule has 4 rings (SSSR count). The molecule has 0 aliphatic carbocycles. The van der Waals surface area contributed by atoms with E-state index in [1.54, 1.807) is 14.2 Å². The van der Waals surface area contributed by atoms with Crippen molar-refractivity contribution in [2.45, 2.75) is 12.8 Å². The fraction of sp³-hybridized carbons (Fsp3) is 0.522. The molecule has 2 aromatic rings. The second-order valence-electron chi connectivity index (χ2n) is 8.49. The molecule has 1 amide bonds. The van der Waals surface area contributed by atoms with Crippen LogP contribution in [0.5, 0.6) is 5.75 Å². The molecule has 1 aromatic heterocycles. The predicted octanol–water partition coefficient (Wildman–Crippen LogP) is 0.658. The Morgan fingerprint density at radius 3 is 2.22 bits per heavy atom. The molecule has 2 aliphatic rings. The molecule has 3 heterocycles. The number of aromatic nitrogens is 2. The molecule has 9 nitrogen and oxygen atoms in total. The lowest BCUT2D eigenvalue weighted by atomic mass is 9.95. The molecule has 0 unspecified atom stereocenters. The van der Waals surface area contributed by atoms with Gasteiger partial charge in [-0.3, -0.25) is 18.7 Å². The standard InChI is InChI=1S/C23H31N5O4/c1-24-20(16-21(29)25(2)23(24)31)27-10-8-17(9-11-27)22(30)28-14-12-26(13-15-28)18-6-4-5-7-19(18)32-3/h4-7,16-17H,8-15H2,1-3H3. The first-order valence-electron chi connectivity index (χ1n) is 11.1. The van der Waals surface area contributed by atoms with Crippen LogP contribution in [-0.4, -0.2) is 66.3 Å². The maximum Gasteiger partial charge on any atom is 0.332 e. The lowest BCUT2D eigenvalue weighted by Gasteiger charge is -2.40. The van der Waals surface area contributed by atoms with Gasteiger partial charge in [-0.25, -0.2) is 4.79 Å². The summed E-state index contributed by atoms with van der Waals surface area (Å²) in [6.45, 7) is 4.25. The Bertz CT molecular complexity index is 1090. The molecule has 0 radical (unpaired) electrons. The molecule has 0 bridgehead atoms. The van der Waals surface area contributed by atoms with E-state index in [0.29, 0.717) is 32.0 Å². The summed E-state index contributed by atoms with van der Waals surface area (Å²) in [4.78, 5) is 43.7. The van der Waals surface area contributed by atoms with Crippen molar-refractivity contribution in [3.8, 4) is 5.75 Å². The number of carbonyl (C=O) groups excluding carboxylic acids is 1. The van der Waals surface area contributed by atoms with Crippen molar-refractivity contribution in [2.75, 3.05) is 56.2 Å². The molecule has 1 aromatic carbocycles. The lowest BCUT2D eigenvalue weighted by Crippen LogP contribution is -2.52. The third kappa shape index (κ3) is 4.11. The van der Waals surface area contributed by atoms with Crippen LogP contribution in [0.15, 0.2) is 39.9 Å². The number of hydrogen-bond donors (Lipinski definition) is 0. The van der Waals surface area contributed by atoms with Gasteiger partial charge >= 0.3 is 5.69 Å². The SMILES string of the molecule is COc1ccccc1N1CCN(C(=O)C2CCN(c3cc(=O)n(C)c(=O)n3C)CC2)CC1. The van der Waals surface area contributed by atoms with E-state index in [1.165, 1.54) is 17.7 Å². The van der Waals surface area contributed by atoms with Crippen molar-refractivity contribution in [2.24, 2.45) is 20.0 Å². The molecule has 0 saturated carbocycles. The van der Waals surface area contributed by atoms with Gasteiger partial charge in [0.1, 0.15) is 11.6 Å². The molecule has 2 saturated heterocycles. The molecule has 0 N–H and O–H groups in total. The first-order chi connectivity index (χ1) is 15.4. The van der Waals surface area contributed by atoms with E-state index in [-0.39, 0.29) is 23.1 Å². The summed E-state index contributed by atoms with van der Waals surface area (Å²) < 4.78 is 8.08. The fourth-order valence-electron chi connectivity index (χ4n) is 4.70. The first-order valence-corrected chi connectivity index (χ1v) is 11.1. The van der Waals surface area contributed by atoms with E-state index in [1.807, 2.05) is 28.0 Å². The van der Waals surface area contributed by atoms with Gasteiger partial charge in [-0.05, 0) is 25.0 Å². The largest absolute Gasteiger partial charge is 0.495 e. The second kappa shape index (κ2) is 9.10. The average Bonchev–Trinajstić information content (AvgIpc) is 2.84. The Balaban J connectivity index is 1.35. The highest BCUT2D eigenvalue weighted by Crippen LogP contribution is 2.29. The summed E-state index contributed by atoms with van der Waals surface area (Å²) >= 11 is 0.